The summed E-state index contributed by atoms with van der Waals surface area (Å²) in [6, 6.07) is 35.5. The molecule has 1 unspecified atom stereocenters. The van der Waals surface area contributed by atoms with E-state index in [9.17, 15) is 85.2 Å². The molecular weight excluding hydrogens is 1350 g/mol. The Morgan fingerprint density at radius 2 is 0.636 bits per heavy atom. The van der Waals surface area contributed by atoms with Crippen molar-refractivity contribution >= 4 is 73.1 Å². The number of ether oxygens (including phenoxy) is 4. The molecule has 0 amide bonds. The predicted molar refractivity (Wildman–Crippen MR) is 360 cm³/mol. The SMILES string of the molecule is CN[C@@H](C)[C@H](O)c1ccccc1.COc1ccc(C(C)(C(=O)O)n2cnc([N+](=O)[O-])c2)cc1.COc1ccc([C@@](C)(C(=O)O)n2cnc([N+](=O)[O-])c2)cc1.COc1ccc([C@@](C)(C(=O)O)n2cnc([N+](=O)[O-])c2)cc1.COc1ccc([C@](C)(C(=O)O)n2cnc([N+](=O)[O-])c2)cc1.Cl.O.S. The van der Waals surface area contributed by atoms with Gasteiger partial charge in [0.05, 0.1) is 34.5 Å². The minimum atomic E-state index is -1.51. The number of carboxylic acids is 4. The van der Waals surface area contributed by atoms with Crippen LogP contribution in [0.3, 0.4) is 0 Å². The number of imidazole rings is 4. The molecule has 0 aliphatic rings. The number of nitrogens with one attached hydrogen (secondary N) is 1. The van der Waals surface area contributed by atoms with E-state index < -0.39 is 95.1 Å². The fraction of sp³-hybridized carbons (Fsp3) is 0.258. The molecular formula is C62H72ClN13O22S. The number of aromatic nitrogens is 8. The van der Waals surface area contributed by atoms with E-state index in [2.05, 4.69) is 25.3 Å². The zero-order valence-electron chi connectivity index (χ0n) is 54.4. The van der Waals surface area contributed by atoms with Crippen LogP contribution in [0.25, 0.3) is 0 Å². The van der Waals surface area contributed by atoms with Crippen molar-refractivity contribution in [2.75, 3.05) is 35.5 Å². The molecule has 0 aliphatic heterocycles. The highest BCUT2D eigenvalue weighted by Gasteiger charge is 2.42. The average molecular weight is 1420 g/mol. The van der Waals surface area contributed by atoms with Crippen LogP contribution in [0.4, 0.5) is 23.3 Å². The van der Waals surface area contributed by atoms with Gasteiger partial charge < -0.3 is 95.7 Å². The van der Waals surface area contributed by atoms with Gasteiger partial charge in [-0.25, -0.2) is 19.2 Å². The van der Waals surface area contributed by atoms with Gasteiger partial charge in [-0.1, -0.05) is 78.9 Å². The Labute approximate surface area is 576 Å². The maximum atomic E-state index is 11.7. The van der Waals surface area contributed by atoms with Crippen molar-refractivity contribution in [3.05, 3.63) is 246 Å². The fourth-order valence-corrected chi connectivity index (χ4v) is 8.90. The van der Waals surface area contributed by atoms with Crippen molar-refractivity contribution in [2.45, 2.75) is 68.9 Å². The highest BCUT2D eigenvalue weighted by atomic mass is 35.5. The largest absolute Gasteiger partial charge is 0.497 e. The van der Waals surface area contributed by atoms with Gasteiger partial charge in [0.1, 0.15) is 47.8 Å². The number of nitrogens with zero attached hydrogens (tertiary/aromatic N) is 12. The Kier molecular flexibility index (Phi) is 30.5. The first-order chi connectivity index (χ1) is 45.3. The smallest absolute Gasteiger partial charge is 0.381 e. The van der Waals surface area contributed by atoms with Gasteiger partial charge in [-0.15, -0.1) is 12.4 Å². The summed E-state index contributed by atoms with van der Waals surface area (Å²) in [7, 11) is 7.86. The van der Waals surface area contributed by atoms with Gasteiger partial charge in [0.25, 0.3) is 0 Å². The minimum Gasteiger partial charge on any atom is -0.497 e. The molecule has 8 N–H and O–H groups in total. The lowest BCUT2D eigenvalue weighted by Gasteiger charge is -2.26. The van der Waals surface area contributed by atoms with Crippen molar-refractivity contribution in [3.8, 4) is 23.0 Å². The van der Waals surface area contributed by atoms with E-state index in [1.807, 2.05) is 44.3 Å². The minimum absolute atomic E-state index is 0. The number of methoxy groups -OCH3 is 4. The third-order valence-corrected chi connectivity index (χ3v) is 15.4. The van der Waals surface area contributed by atoms with Gasteiger partial charge in [0, 0.05) is 6.04 Å². The van der Waals surface area contributed by atoms with Gasteiger partial charge in [-0.2, -0.15) is 13.5 Å². The van der Waals surface area contributed by atoms with Crippen LogP contribution >= 0.6 is 25.9 Å². The topological polar surface area (TPSA) is 494 Å². The molecule has 5 aromatic carbocycles. The number of halogens is 1. The van der Waals surface area contributed by atoms with Crippen LogP contribution in [0.2, 0.25) is 0 Å². The van der Waals surface area contributed by atoms with Gasteiger partial charge in [-0.3, -0.25) is 18.3 Å². The zero-order valence-corrected chi connectivity index (χ0v) is 56.3. The van der Waals surface area contributed by atoms with E-state index in [1.54, 1.807) is 97.1 Å². The maximum Gasteiger partial charge on any atom is 0.381 e. The lowest BCUT2D eigenvalue weighted by molar-refractivity contribution is -0.389. The first-order valence-corrected chi connectivity index (χ1v) is 28.0. The standard InChI is InChI=1S/4C13H13N3O5.C10H15NO.ClH.H2O.H2S/c4*1-13(12(17)18,9-3-5-10(21-2)6-4-9)15-7-11(14-8-15)16(19)20;1-8(11-2)10(12)9-6-4-3-5-7-9;;;/h4*3-8H,1-2H3,(H,17,18);3-8,10-12H,1-2H3;1H;2*1H2/t3*13-;;8-,10-;;;/m100.0.../s1. The number of aliphatic hydroxyl groups excluding tert-OH is 1. The van der Waals surface area contributed by atoms with Crippen LogP contribution < -0.4 is 24.3 Å². The number of hydrogen-bond donors (Lipinski definition) is 6. The number of hydrogen-bond acceptors (Lipinski definition) is 22. The molecule has 9 rings (SSSR count). The number of rotatable bonds is 23. The molecule has 6 atom stereocenters. The molecule has 0 saturated heterocycles. The second-order valence-electron chi connectivity index (χ2n) is 20.9. The van der Waals surface area contributed by atoms with Crippen molar-refractivity contribution in [2.24, 2.45) is 0 Å². The zero-order chi connectivity index (χ0) is 71.5. The van der Waals surface area contributed by atoms with E-state index >= 15 is 0 Å². The first-order valence-electron chi connectivity index (χ1n) is 28.0. The fourth-order valence-electron chi connectivity index (χ4n) is 8.90. The Bertz CT molecular complexity index is 3680. The summed E-state index contributed by atoms with van der Waals surface area (Å²) >= 11 is 0. The molecule has 4 aromatic heterocycles. The number of benzene rings is 5. The molecule has 99 heavy (non-hydrogen) atoms. The van der Waals surface area contributed by atoms with Crippen molar-refractivity contribution in [1.29, 1.82) is 0 Å². The highest BCUT2D eigenvalue weighted by Crippen LogP contribution is 2.34. The summed E-state index contributed by atoms with van der Waals surface area (Å²) in [4.78, 5) is 101. The molecule has 4 heterocycles. The molecule has 0 fully saturated rings. The van der Waals surface area contributed by atoms with Crippen LogP contribution in [0.15, 0.2) is 177 Å². The van der Waals surface area contributed by atoms with E-state index in [4.69, 9.17) is 18.9 Å². The molecule has 0 bridgehead atoms. The normalized spacial score (nSPS) is 13.3. The third-order valence-electron chi connectivity index (χ3n) is 15.4. The Hall–Kier alpha value is -11.9. The molecule has 530 valence electrons. The van der Waals surface area contributed by atoms with E-state index in [-0.39, 0.29) is 37.4 Å². The summed E-state index contributed by atoms with van der Waals surface area (Å²) in [5, 5.41) is 93.8. The quantitative estimate of drug-likeness (QED) is 0.0265. The monoisotopic (exact) mass is 1420 g/mol. The first kappa shape index (κ1) is 83.2. The molecule has 0 spiro atoms. The van der Waals surface area contributed by atoms with Gasteiger partial charge in [0.2, 0.25) is 25.3 Å². The van der Waals surface area contributed by atoms with Crippen LogP contribution in [0.1, 0.15) is 68.5 Å². The van der Waals surface area contributed by atoms with Crippen LogP contribution in [-0.2, 0) is 41.3 Å². The average Bonchev–Trinajstić information content (AvgIpc) is 1.78. The van der Waals surface area contributed by atoms with Crippen molar-refractivity contribution in [1.82, 2.24) is 43.5 Å². The van der Waals surface area contributed by atoms with Crippen molar-refractivity contribution in [3.63, 3.8) is 0 Å². The van der Waals surface area contributed by atoms with Gasteiger partial charge in [0.15, 0.2) is 22.2 Å². The Morgan fingerprint density at radius 1 is 0.434 bits per heavy atom. The summed E-state index contributed by atoms with van der Waals surface area (Å²) in [5.41, 5.74) is -3.28. The number of carboxylic acid groups (broad SMARTS) is 4. The summed E-state index contributed by atoms with van der Waals surface area (Å²) in [6.45, 7) is 7.74. The number of carbonyl (C=O) groups is 4. The summed E-state index contributed by atoms with van der Waals surface area (Å²) in [6.07, 6.45) is 8.50. The van der Waals surface area contributed by atoms with E-state index in [0.717, 1.165) is 55.7 Å². The molecule has 0 radical (unpaired) electrons. The molecule has 35 nitrogen and oxygen atoms in total. The molecule has 9 aromatic rings. The van der Waals surface area contributed by atoms with Crippen LogP contribution in [0.5, 0.6) is 23.0 Å². The molecule has 0 aliphatic carbocycles. The summed E-state index contributed by atoms with van der Waals surface area (Å²) in [5.74, 6) is -3.89. The van der Waals surface area contributed by atoms with Crippen LogP contribution in [0, 0.1) is 40.5 Å². The number of likely N-dealkylation sites (N-methyl/N-ethyl adjacent to an activating group) is 1. The van der Waals surface area contributed by atoms with E-state index in [0.29, 0.717) is 45.3 Å². The molecule has 0 saturated carbocycles. The number of aliphatic hydroxyl groups is 1. The Morgan fingerprint density at radius 3 is 0.788 bits per heavy atom. The Balaban J connectivity index is 0.000000422. The van der Waals surface area contributed by atoms with E-state index in [1.165, 1.54) is 74.4 Å². The molecule has 37 heteroatoms. The van der Waals surface area contributed by atoms with Gasteiger partial charge >= 0.3 is 47.1 Å². The van der Waals surface area contributed by atoms with Crippen LogP contribution in [-0.4, -0.2) is 154 Å². The van der Waals surface area contributed by atoms with Crippen molar-refractivity contribution < 1.29 is 88.8 Å². The van der Waals surface area contributed by atoms with Gasteiger partial charge in [-0.05, 0) is 158 Å². The lowest BCUT2D eigenvalue weighted by Crippen LogP contribution is -2.39. The maximum absolute atomic E-state index is 11.7. The summed E-state index contributed by atoms with van der Waals surface area (Å²) < 4.78 is 24.9. The second-order valence-corrected chi connectivity index (χ2v) is 20.9. The highest BCUT2D eigenvalue weighted by molar-refractivity contribution is 7.59. The predicted octanol–water partition coefficient (Wildman–Crippen LogP) is 7.63. The number of nitro groups is 4. The second kappa shape index (κ2) is 36.3. The third kappa shape index (κ3) is 19.2. The lowest BCUT2D eigenvalue weighted by atomic mass is 9.92. The number of aliphatic carboxylic acids is 4.